The Morgan fingerprint density at radius 1 is 1.62 bits per heavy atom. The molecule has 1 amide bonds. The second-order valence-electron chi connectivity index (χ2n) is 4.00. The van der Waals surface area contributed by atoms with Crippen molar-refractivity contribution in [1.82, 2.24) is 10.2 Å². The third-order valence-corrected chi connectivity index (χ3v) is 2.86. The van der Waals surface area contributed by atoms with E-state index in [2.05, 4.69) is 5.32 Å². The van der Waals surface area contributed by atoms with Crippen molar-refractivity contribution in [2.75, 3.05) is 19.6 Å². The summed E-state index contributed by atoms with van der Waals surface area (Å²) < 4.78 is 0. The highest BCUT2D eigenvalue weighted by atomic mass is 16.4. The van der Waals surface area contributed by atoms with Crippen LogP contribution in [0.25, 0.3) is 0 Å². The zero-order chi connectivity index (χ0) is 12.1. The minimum absolute atomic E-state index is 0.433. The van der Waals surface area contributed by atoms with Crippen molar-refractivity contribution in [1.29, 1.82) is 0 Å². The molecule has 2 unspecified atom stereocenters. The van der Waals surface area contributed by atoms with E-state index >= 15 is 0 Å². The number of carbonyl (C=O) groups excluding carboxylic acids is 1. The summed E-state index contributed by atoms with van der Waals surface area (Å²) in [6.07, 6.45) is 1.31. The van der Waals surface area contributed by atoms with Gasteiger partial charge in [0.25, 0.3) is 0 Å². The number of primary amides is 1. The average molecular weight is 229 g/mol. The van der Waals surface area contributed by atoms with Gasteiger partial charge < -0.3 is 16.2 Å². The molecule has 0 aromatic carbocycles. The molecule has 16 heavy (non-hydrogen) atoms. The molecule has 0 radical (unpaired) electrons. The van der Waals surface area contributed by atoms with Crippen LogP contribution in [-0.4, -0.2) is 53.6 Å². The van der Waals surface area contributed by atoms with E-state index in [1.165, 1.54) is 0 Å². The first-order valence-corrected chi connectivity index (χ1v) is 5.56. The van der Waals surface area contributed by atoms with E-state index in [0.717, 1.165) is 6.42 Å². The van der Waals surface area contributed by atoms with Crippen LogP contribution in [0.4, 0.5) is 0 Å². The SMILES string of the molecule is CCCC(C(=O)O)N1CCNCC1C(N)=O. The number of amides is 1. The second kappa shape index (κ2) is 5.81. The summed E-state index contributed by atoms with van der Waals surface area (Å²) >= 11 is 0. The van der Waals surface area contributed by atoms with Crippen LogP contribution in [0, 0.1) is 0 Å². The summed E-state index contributed by atoms with van der Waals surface area (Å²) in [5, 5.41) is 12.2. The summed E-state index contributed by atoms with van der Waals surface area (Å²) in [6.45, 7) is 3.60. The molecule has 0 aromatic heterocycles. The van der Waals surface area contributed by atoms with Gasteiger partial charge in [-0.25, -0.2) is 0 Å². The summed E-state index contributed by atoms with van der Waals surface area (Å²) in [5.74, 6) is -1.34. The van der Waals surface area contributed by atoms with Crippen molar-refractivity contribution in [2.45, 2.75) is 31.8 Å². The van der Waals surface area contributed by atoms with E-state index in [0.29, 0.717) is 26.1 Å². The molecule has 1 aliphatic heterocycles. The molecule has 0 bridgehead atoms. The van der Waals surface area contributed by atoms with Gasteiger partial charge >= 0.3 is 5.97 Å². The lowest BCUT2D eigenvalue weighted by molar-refractivity contribution is -0.146. The van der Waals surface area contributed by atoms with Crippen LogP contribution in [0.15, 0.2) is 0 Å². The van der Waals surface area contributed by atoms with Crippen LogP contribution in [-0.2, 0) is 9.59 Å². The lowest BCUT2D eigenvalue weighted by atomic mass is 10.1. The fraction of sp³-hybridized carbons (Fsp3) is 0.800. The Morgan fingerprint density at radius 3 is 2.81 bits per heavy atom. The van der Waals surface area contributed by atoms with Crippen molar-refractivity contribution in [3.63, 3.8) is 0 Å². The summed E-state index contributed by atoms with van der Waals surface area (Å²) in [4.78, 5) is 24.1. The molecule has 1 heterocycles. The van der Waals surface area contributed by atoms with E-state index in [1.54, 1.807) is 4.90 Å². The molecule has 2 atom stereocenters. The Balaban J connectivity index is 2.78. The van der Waals surface area contributed by atoms with E-state index in [4.69, 9.17) is 10.8 Å². The number of carbonyl (C=O) groups is 2. The van der Waals surface area contributed by atoms with Gasteiger partial charge in [0.1, 0.15) is 12.1 Å². The maximum Gasteiger partial charge on any atom is 0.320 e. The highest BCUT2D eigenvalue weighted by Crippen LogP contribution is 2.13. The maximum absolute atomic E-state index is 11.2. The highest BCUT2D eigenvalue weighted by molar-refractivity contribution is 5.82. The normalized spacial score (nSPS) is 23.9. The Labute approximate surface area is 94.8 Å². The highest BCUT2D eigenvalue weighted by Gasteiger charge is 2.35. The monoisotopic (exact) mass is 229 g/mol. The second-order valence-corrected chi connectivity index (χ2v) is 4.00. The van der Waals surface area contributed by atoms with Crippen molar-refractivity contribution >= 4 is 11.9 Å². The van der Waals surface area contributed by atoms with Crippen LogP contribution in [0.3, 0.4) is 0 Å². The van der Waals surface area contributed by atoms with Gasteiger partial charge in [-0.3, -0.25) is 14.5 Å². The number of aliphatic carboxylic acids is 1. The van der Waals surface area contributed by atoms with Crippen LogP contribution in [0.5, 0.6) is 0 Å². The van der Waals surface area contributed by atoms with E-state index in [9.17, 15) is 9.59 Å². The topological polar surface area (TPSA) is 95.7 Å². The van der Waals surface area contributed by atoms with Crippen molar-refractivity contribution in [2.24, 2.45) is 5.73 Å². The first-order chi connectivity index (χ1) is 7.57. The first kappa shape index (κ1) is 12.9. The molecule has 1 saturated heterocycles. The Morgan fingerprint density at radius 2 is 2.31 bits per heavy atom. The number of nitrogens with zero attached hydrogens (tertiary/aromatic N) is 1. The number of rotatable bonds is 5. The van der Waals surface area contributed by atoms with Crippen molar-refractivity contribution in [3.05, 3.63) is 0 Å². The van der Waals surface area contributed by atoms with Crippen molar-refractivity contribution in [3.8, 4) is 0 Å². The fourth-order valence-corrected chi connectivity index (χ4v) is 2.06. The first-order valence-electron chi connectivity index (χ1n) is 5.56. The molecule has 0 spiro atoms. The van der Waals surface area contributed by atoms with Gasteiger partial charge in [0.05, 0.1) is 0 Å². The van der Waals surface area contributed by atoms with Crippen LogP contribution in [0.1, 0.15) is 19.8 Å². The summed E-state index contributed by atoms with van der Waals surface area (Å²) in [6, 6.07) is -1.12. The molecule has 1 rings (SSSR count). The number of nitrogens with one attached hydrogen (secondary N) is 1. The molecule has 1 fully saturated rings. The number of hydrogen-bond donors (Lipinski definition) is 3. The zero-order valence-electron chi connectivity index (χ0n) is 9.48. The van der Waals surface area contributed by atoms with Crippen LogP contribution < -0.4 is 11.1 Å². The Bertz CT molecular complexity index is 270. The largest absolute Gasteiger partial charge is 0.480 e. The number of carboxylic acids is 1. The Kier molecular flexibility index (Phi) is 4.70. The lowest BCUT2D eigenvalue weighted by Gasteiger charge is -2.37. The molecular weight excluding hydrogens is 210 g/mol. The maximum atomic E-state index is 11.2. The molecule has 4 N–H and O–H groups in total. The quantitative estimate of drug-likeness (QED) is 0.562. The van der Waals surface area contributed by atoms with Crippen LogP contribution >= 0.6 is 0 Å². The average Bonchev–Trinajstić information content (AvgIpc) is 2.25. The molecular formula is C10H19N3O3. The molecule has 6 nitrogen and oxygen atoms in total. The van der Waals surface area contributed by atoms with E-state index in [1.807, 2.05) is 6.92 Å². The summed E-state index contributed by atoms with van der Waals surface area (Å²) in [5.41, 5.74) is 5.28. The van der Waals surface area contributed by atoms with Gasteiger partial charge in [-0.1, -0.05) is 13.3 Å². The molecule has 0 aliphatic carbocycles. The van der Waals surface area contributed by atoms with Gasteiger partial charge in [-0.15, -0.1) is 0 Å². The van der Waals surface area contributed by atoms with Gasteiger partial charge in [0, 0.05) is 19.6 Å². The van der Waals surface area contributed by atoms with E-state index in [-0.39, 0.29) is 0 Å². The minimum Gasteiger partial charge on any atom is -0.480 e. The Hall–Kier alpha value is -1.14. The summed E-state index contributed by atoms with van der Waals surface area (Å²) in [7, 11) is 0. The number of carboxylic acid groups (broad SMARTS) is 1. The number of nitrogens with two attached hydrogens (primary N) is 1. The van der Waals surface area contributed by atoms with Crippen LogP contribution in [0.2, 0.25) is 0 Å². The molecule has 0 saturated carbocycles. The standard InChI is InChI=1S/C10H19N3O3/c1-2-3-7(10(15)16)13-5-4-12-6-8(13)9(11)14/h7-8,12H,2-6H2,1H3,(H2,11,14)(H,15,16). The number of hydrogen-bond acceptors (Lipinski definition) is 4. The molecule has 1 aliphatic rings. The molecule has 92 valence electrons. The van der Waals surface area contributed by atoms with E-state index < -0.39 is 24.0 Å². The van der Waals surface area contributed by atoms with Gasteiger partial charge in [0.2, 0.25) is 5.91 Å². The minimum atomic E-state index is -0.880. The lowest BCUT2D eigenvalue weighted by Crippen LogP contribution is -2.61. The van der Waals surface area contributed by atoms with Gasteiger partial charge in [-0.05, 0) is 6.42 Å². The predicted octanol–water partition coefficient (Wildman–Crippen LogP) is -1.00. The molecule has 0 aromatic rings. The van der Waals surface area contributed by atoms with Gasteiger partial charge in [0.15, 0.2) is 0 Å². The number of piperazine rings is 1. The van der Waals surface area contributed by atoms with Gasteiger partial charge in [-0.2, -0.15) is 0 Å². The molecule has 6 heteroatoms. The predicted molar refractivity (Wildman–Crippen MR) is 58.9 cm³/mol. The fourth-order valence-electron chi connectivity index (χ4n) is 2.06. The third-order valence-electron chi connectivity index (χ3n) is 2.86. The third kappa shape index (κ3) is 2.93. The zero-order valence-corrected chi connectivity index (χ0v) is 9.48. The smallest absolute Gasteiger partial charge is 0.320 e. The van der Waals surface area contributed by atoms with Crippen molar-refractivity contribution < 1.29 is 14.7 Å².